The molecule has 1 aromatic carbocycles. The van der Waals surface area contributed by atoms with Gasteiger partial charge in [0.2, 0.25) is 10.0 Å². The van der Waals surface area contributed by atoms with Crippen LogP contribution in [0.1, 0.15) is 32.6 Å². The average Bonchev–Trinajstić information content (AvgIpc) is 2.25. The molecule has 1 aromatic rings. The van der Waals surface area contributed by atoms with Gasteiger partial charge in [-0.3, -0.25) is 0 Å². The van der Waals surface area contributed by atoms with Gasteiger partial charge < -0.3 is 5.73 Å². The first-order valence-corrected chi connectivity index (χ1v) is 8.05. The average molecular weight is 304 g/mol. The Morgan fingerprint density at radius 3 is 2.40 bits per heavy atom. The summed E-state index contributed by atoms with van der Waals surface area (Å²) >= 11 is 0. The Morgan fingerprint density at radius 2 is 1.85 bits per heavy atom. The van der Waals surface area contributed by atoms with Crippen molar-refractivity contribution in [3.8, 4) is 0 Å². The third kappa shape index (κ3) is 3.27. The molecule has 0 heterocycles. The number of rotatable bonds is 3. The fourth-order valence-corrected chi connectivity index (χ4v) is 4.06. The van der Waals surface area contributed by atoms with Gasteiger partial charge in [-0.05, 0) is 30.9 Å². The molecule has 0 aliphatic heterocycles. The quantitative estimate of drug-likeness (QED) is 0.842. The number of hydrogen-bond donors (Lipinski definition) is 2. The maximum atomic E-state index is 13.7. The molecule has 1 saturated carbocycles. The Bertz CT molecular complexity index is 581. The number of sulfonamides is 1. The summed E-state index contributed by atoms with van der Waals surface area (Å²) in [6, 6.07) is 1.34. The molecule has 4 nitrogen and oxygen atoms in total. The molecule has 0 aromatic heterocycles. The van der Waals surface area contributed by atoms with Gasteiger partial charge in [0, 0.05) is 11.7 Å². The number of benzene rings is 1. The third-order valence-corrected chi connectivity index (χ3v) is 5.12. The largest absolute Gasteiger partial charge is 0.399 e. The first-order valence-electron chi connectivity index (χ1n) is 6.56. The molecule has 0 bridgehead atoms. The van der Waals surface area contributed by atoms with Crippen LogP contribution >= 0.6 is 0 Å². The van der Waals surface area contributed by atoms with Gasteiger partial charge in [0.1, 0.15) is 11.6 Å². The molecule has 7 heteroatoms. The van der Waals surface area contributed by atoms with E-state index >= 15 is 0 Å². The van der Waals surface area contributed by atoms with Gasteiger partial charge in [-0.15, -0.1) is 0 Å². The van der Waals surface area contributed by atoms with Crippen LogP contribution in [0.4, 0.5) is 14.5 Å². The summed E-state index contributed by atoms with van der Waals surface area (Å²) in [5.41, 5.74) is 5.13. The number of nitrogens with one attached hydrogen (secondary N) is 1. The number of nitrogen functional groups attached to an aromatic ring is 1. The lowest BCUT2D eigenvalue weighted by atomic mass is 9.88. The highest BCUT2D eigenvalue weighted by Gasteiger charge is 2.29. The van der Waals surface area contributed by atoms with Crippen molar-refractivity contribution in [2.24, 2.45) is 5.92 Å². The lowest BCUT2D eigenvalue weighted by Gasteiger charge is -2.27. The van der Waals surface area contributed by atoms with Crippen LogP contribution in [0, 0.1) is 17.6 Å². The van der Waals surface area contributed by atoms with Crippen LogP contribution < -0.4 is 10.5 Å². The second-order valence-electron chi connectivity index (χ2n) is 5.40. The van der Waals surface area contributed by atoms with Crippen LogP contribution in [-0.4, -0.2) is 14.5 Å². The molecule has 20 heavy (non-hydrogen) atoms. The third-order valence-electron chi connectivity index (χ3n) is 3.55. The lowest BCUT2D eigenvalue weighted by Crippen LogP contribution is -2.38. The zero-order chi connectivity index (χ0) is 14.9. The first kappa shape index (κ1) is 15.2. The van der Waals surface area contributed by atoms with Gasteiger partial charge >= 0.3 is 0 Å². The van der Waals surface area contributed by atoms with Gasteiger partial charge in [-0.1, -0.05) is 19.8 Å². The predicted molar refractivity (Wildman–Crippen MR) is 72.5 cm³/mol. The summed E-state index contributed by atoms with van der Waals surface area (Å²) in [5, 5.41) is 0. The van der Waals surface area contributed by atoms with E-state index in [0.29, 0.717) is 18.8 Å². The van der Waals surface area contributed by atoms with Crippen molar-refractivity contribution in [2.75, 3.05) is 5.73 Å². The molecule has 0 spiro atoms. The highest BCUT2D eigenvalue weighted by Crippen LogP contribution is 2.27. The monoisotopic (exact) mass is 304 g/mol. The Labute approximate surface area is 117 Å². The Balaban J connectivity index is 2.27. The molecule has 112 valence electrons. The molecule has 1 fully saturated rings. The Kier molecular flexibility index (Phi) is 4.29. The molecule has 0 saturated heterocycles. The summed E-state index contributed by atoms with van der Waals surface area (Å²) in [6.07, 6.45) is 3.31. The minimum absolute atomic E-state index is 0.148. The first-order chi connectivity index (χ1) is 9.29. The minimum Gasteiger partial charge on any atom is -0.399 e. The van der Waals surface area contributed by atoms with Crippen LogP contribution in [0.3, 0.4) is 0 Å². The number of nitrogens with two attached hydrogens (primary N) is 1. The number of hydrogen-bond acceptors (Lipinski definition) is 3. The number of anilines is 1. The zero-order valence-corrected chi connectivity index (χ0v) is 12.0. The van der Waals surface area contributed by atoms with Crippen LogP contribution in [0.15, 0.2) is 17.0 Å². The van der Waals surface area contributed by atoms with Crippen molar-refractivity contribution >= 4 is 15.7 Å². The van der Waals surface area contributed by atoms with Crippen molar-refractivity contribution < 1.29 is 17.2 Å². The van der Waals surface area contributed by atoms with Gasteiger partial charge in [-0.2, -0.15) is 0 Å². The SMILES string of the molecule is CC1CCCC(NS(=O)(=O)c2c(F)cc(N)cc2F)C1. The van der Waals surface area contributed by atoms with Crippen molar-refractivity contribution in [1.82, 2.24) is 4.72 Å². The summed E-state index contributed by atoms with van der Waals surface area (Å²) in [5.74, 6) is -1.93. The van der Waals surface area contributed by atoms with Gasteiger partial charge in [-0.25, -0.2) is 21.9 Å². The van der Waals surface area contributed by atoms with Crippen LogP contribution in [0.5, 0.6) is 0 Å². The standard InChI is InChI=1S/C13H18F2N2O2S/c1-8-3-2-4-10(5-8)17-20(18,19)13-11(14)6-9(16)7-12(13)15/h6-8,10,17H,2-5,16H2,1H3. The van der Waals surface area contributed by atoms with E-state index in [1.165, 1.54) is 0 Å². The van der Waals surface area contributed by atoms with Gasteiger partial charge in [0.25, 0.3) is 0 Å². The maximum absolute atomic E-state index is 13.7. The van der Waals surface area contributed by atoms with E-state index in [2.05, 4.69) is 4.72 Å². The van der Waals surface area contributed by atoms with Crippen molar-refractivity contribution in [3.05, 3.63) is 23.8 Å². The summed E-state index contributed by atoms with van der Waals surface area (Å²) in [6.45, 7) is 2.03. The zero-order valence-electron chi connectivity index (χ0n) is 11.2. The van der Waals surface area contributed by atoms with Gasteiger partial charge in [0.05, 0.1) is 0 Å². The van der Waals surface area contributed by atoms with E-state index in [1.807, 2.05) is 6.92 Å². The summed E-state index contributed by atoms with van der Waals surface area (Å²) in [7, 11) is -4.22. The normalized spacial score (nSPS) is 23.8. The summed E-state index contributed by atoms with van der Waals surface area (Å²) in [4.78, 5) is -0.954. The molecule has 2 rings (SSSR count). The van der Waals surface area contributed by atoms with Crippen LogP contribution in [0.25, 0.3) is 0 Å². The molecule has 3 N–H and O–H groups in total. The van der Waals surface area contributed by atoms with Crippen LogP contribution in [-0.2, 0) is 10.0 Å². The molecular weight excluding hydrogens is 286 g/mol. The van der Waals surface area contributed by atoms with E-state index in [1.54, 1.807) is 0 Å². The lowest BCUT2D eigenvalue weighted by molar-refractivity contribution is 0.327. The molecule has 2 atom stereocenters. The highest BCUT2D eigenvalue weighted by molar-refractivity contribution is 7.89. The molecular formula is C13H18F2N2O2S. The molecule has 0 amide bonds. The summed E-state index contributed by atoms with van der Waals surface area (Å²) < 4.78 is 54.0. The molecule has 1 aliphatic carbocycles. The fourth-order valence-electron chi connectivity index (χ4n) is 2.66. The van der Waals surface area contributed by atoms with Gasteiger partial charge in [0.15, 0.2) is 4.90 Å². The van der Waals surface area contributed by atoms with E-state index in [9.17, 15) is 17.2 Å². The van der Waals surface area contributed by atoms with E-state index in [0.717, 1.165) is 25.0 Å². The highest BCUT2D eigenvalue weighted by atomic mass is 32.2. The topological polar surface area (TPSA) is 72.2 Å². The second kappa shape index (κ2) is 5.65. The van der Waals surface area contributed by atoms with E-state index in [-0.39, 0.29) is 11.7 Å². The second-order valence-corrected chi connectivity index (χ2v) is 7.05. The maximum Gasteiger partial charge on any atom is 0.246 e. The molecule has 1 aliphatic rings. The van der Waals surface area contributed by atoms with Crippen molar-refractivity contribution in [2.45, 2.75) is 43.5 Å². The molecule has 2 unspecified atom stereocenters. The van der Waals surface area contributed by atoms with Crippen molar-refractivity contribution in [3.63, 3.8) is 0 Å². The van der Waals surface area contributed by atoms with Crippen LogP contribution in [0.2, 0.25) is 0 Å². The Hall–Kier alpha value is -1.21. The smallest absolute Gasteiger partial charge is 0.246 e. The molecule has 0 radical (unpaired) electrons. The fraction of sp³-hybridized carbons (Fsp3) is 0.538. The van der Waals surface area contributed by atoms with E-state index < -0.39 is 26.6 Å². The minimum atomic E-state index is -4.22. The van der Waals surface area contributed by atoms with E-state index in [4.69, 9.17) is 5.73 Å². The van der Waals surface area contributed by atoms with Crippen molar-refractivity contribution in [1.29, 1.82) is 0 Å². The predicted octanol–water partition coefficient (Wildman–Crippen LogP) is 2.40. The Morgan fingerprint density at radius 1 is 1.25 bits per heavy atom. The number of halogens is 2.